The Balaban J connectivity index is 3.36. The van der Waals surface area contributed by atoms with Gasteiger partial charge in [-0.3, -0.25) is 4.79 Å². The molecule has 0 bridgehead atoms. The average Bonchev–Trinajstić information content (AvgIpc) is 2.66. The predicted molar refractivity (Wildman–Crippen MR) is 118 cm³/mol. The largest absolute Gasteiger partial charge is 0.396 e. The molecule has 1 atom stereocenters. The molecule has 0 heterocycles. The summed E-state index contributed by atoms with van der Waals surface area (Å²) in [5.41, 5.74) is 5.11. The van der Waals surface area contributed by atoms with Gasteiger partial charge in [-0.05, 0) is 57.3 Å². The molecule has 3 heteroatoms. The Hall–Kier alpha value is -1.35. The van der Waals surface area contributed by atoms with Gasteiger partial charge in [0, 0.05) is 13.0 Å². The first-order chi connectivity index (χ1) is 13.2. The Morgan fingerprint density at radius 2 is 1.33 bits per heavy atom. The van der Waals surface area contributed by atoms with E-state index in [9.17, 15) is 4.79 Å². The van der Waals surface area contributed by atoms with Crippen LogP contribution in [0.2, 0.25) is 0 Å². The molecular weight excluding hydrogens is 334 g/mol. The van der Waals surface area contributed by atoms with Crippen LogP contribution in [0.3, 0.4) is 0 Å². The van der Waals surface area contributed by atoms with Crippen molar-refractivity contribution in [1.29, 1.82) is 0 Å². The van der Waals surface area contributed by atoms with E-state index in [-0.39, 0.29) is 5.91 Å². The molecule has 0 aliphatic carbocycles. The molecule has 0 fully saturated rings. The van der Waals surface area contributed by atoms with Crippen molar-refractivity contribution < 1.29 is 9.90 Å². The molecule has 0 saturated carbocycles. The van der Waals surface area contributed by atoms with Crippen molar-refractivity contribution in [3.8, 4) is 0 Å². The first-order valence-corrected chi connectivity index (χ1v) is 11.0. The number of amides is 1. The van der Waals surface area contributed by atoms with Gasteiger partial charge >= 0.3 is 0 Å². The summed E-state index contributed by atoms with van der Waals surface area (Å²) in [6.45, 7) is 2.50. The summed E-state index contributed by atoms with van der Waals surface area (Å²) >= 11 is 0. The van der Waals surface area contributed by atoms with Crippen LogP contribution in [0.5, 0.6) is 0 Å². The molecule has 27 heavy (non-hydrogen) atoms. The topological polar surface area (TPSA) is 63.3 Å². The highest BCUT2D eigenvalue weighted by molar-refractivity contribution is 5.73. The van der Waals surface area contributed by atoms with Crippen molar-refractivity contribution in [2.24, 2.45) is 11.7 Å². The van der Waals surface area contributed by atoms with Gasteiger partial charge in [0.2, 0.25) is 5.91 Å². The van der Waals surface area contributed by atoms with Crippen molar-refractivity contribution in [3.63, 3.8) is 0 Å². The Bertz CT molecular complexity index is 409. The fourth-order valence-electron chi connectivity index (χ4n) is 2.99. The minimum absolute atomic E-state index is 0.184. The van der Waals surface area contributed by atoms with Crippen LogP contribution >= 0.6 is 0 Å². The first-order valence-electron chi connectivity index (χ1n) is 11.0. The zero-order valence-electron chi connectivity index (χ0n) is 17.6. The van der Waals surface area contributed by atoms with Gasteiger partial charge in [-0.2, -0.15) is 0 Å². The van der Waals surface area contributed by atoms with Gasteiger partial charge in [0.1, 0.15) is 0 Å². The normalized spacial score (nSPS) is 13.3. The van der Waals surface area contributed by atoms with Crippen molar-refractivity contribution in [2.75, 3.05) is 6.61 Å². The Labute approximate surface area is 167 Å². The molecule has 0 rings (SSSR count). The van der Waals surface area contributed by atoms with E-state index in [4.69, 9.17) is 10.8 Å². The zero-order chi connectivity index (χ0) is 20.0. The van der Waals surface area contributed by atoms with Gasteiger partial charge in [0.05, 0.1) is 0 Å². The van der Waals surface area contributed by atoms with Gasteiger partial charge in [-0.15, -0.1) is 0 Å². The highest BCUT2D eigenvalue weighted by Gasteiger charge is 2.02. The number of aliphatic hydroxyl groups is 1. The highest BCUT2D eigenvalue weighted by atomic mass is 16.3. The van der Waals surface area contributed by atoms with Gasteiger partial charge in [0.15, 0.2) is 0 Å². The lowest BCUT2D eigenvalue weighted by atomic mass is 9.99. The second-order valence-corrected chi connectivity index (χ2v) is 7.40. The molecule has 0 spiro atoms. The lowest BCUT2D eigenvalue weighted by Gasteiger charge is -2.10. The van der Waals surface area contributed by atoms with Crippen LogP contribution in [0.4, 0.5) is 0 Å². The molecule has 0 aliphatic rings. The van der Waals surface area contributed by atoms with Gasteiger partial charge in [-0.1, -0.05) is 75.5 Å². The molecule has 3 nitrogen and oxygen atoms in total. The van der Waals surface area contributed by atoms with Crippen LogP contribution < -0.4 is 5.73 Å². The molecule has 156 valence electrons. The minimum Gasteiger partial charge on any atom is -0.396 e. The number of unbranched alkanes of at least 4 members (excludes halogenated alkanes) is 7. The summed E-state index contributed by atoms with van der Waals surface area (Å²) in [4.78, 5) is 10.6. The summed E-state index contributed by atoms with van der Waals surface area (Å²) < 4.78 is 0. The van der Waals surface area contributed by atoms with Crippen LogP contribution in [0.1, 0.15) is 96.8 Å². The van der Waals surface area contributed by atoms with Crippen molar-refractivity contribution in [1.82, 2.24) is 0 Å². The summed E-state index contributed by atoms with van der Waals surface area (Å²) in [6, 6.07) is 0. The third-order valence-electron chi connectivity index (χ3n) is 4.91. The molecule has 1 amide bonds. The molecular formula is C24H43NO2. The van der Waals surface area contributed by atoms with E-state index in [1.807, 2.05) is 0 Å². The van der Waals surface area contributed by atoms with E-state index in [1.54, 1.807) is 0 Å². The number of rotatable bonds is 19. The monoisotopic (exact) mass is 377 g/mol. The molecule has 0 saturated heterocycles. The fourth-order valence-corrected chi connectivity index (χ4v) is 2.99. The smallest absolute Gasteiger partial charge is 0.217 e. The first kappa shape index (κ1) is 25.6. The maximum atomic E-state index is 10.6. The summed E-state index contributed by atoms with van der Waals surface area (Å²) in [5, 5.41) is 9.15. The molecule has 0 aromatic heterocycles. The van der Waals surface area contributed by atoms with Crippen LogP contribution in [-0.2, 0) is 4.79 Å². The van der Waals surface area contributed by atoms with Crippen LogP contribution in [-0.4, -0.2) is 17.6 Å². The summed E-state index contributed by atoms with van der Waals surface area (Å²) in [5.74, 6) is 0.323. The maximum Gasteiger partial charge on any atom is 0.217 e. The fraction of sp³-hybridized carbons (Fsp3) is 0.708. The average molecular weight is 378 g/mol. The number of aliphatic hydroxyl groups excluding tert-OH is 1. The van der Waals surface area contributed by atoms with Crippen LogP contribution in [0, 0.1) is 5.92 Å². The zero-order valence-corrected chi connectivity index (χ0v) is 17.6. The number of hydrogen-bond donors (Lipinski definition) is 2. The number of nitrogens with two attached hydrogens (primary N) is 1. The molecule has 1 unspecified atom stereocenters. The summed E-state index contributed by atoms with van der Waals surface area (Å²) in [7, 11) is 0. The van der Waals surface area contributed by atoms with E-state index in [0.717, 1.165) is 38.5 Å². The third-order valence-corrected chi connectivity index (χ3v) is 4.91. The predicted octanol–water partition coefficient (Wildman–Crippen LogP) is 6.23. The van der Waals surface area contributed by atoms with E-state index in [0.29, 0.717) is 18.9 Å². The number of carbonyl (C=O) groups excluding carboxylic acids is 1. The highest BCUT2D eigenvalue weighted by Crippen LogP contribution is 2.13. The van der Waals surface area contributed by atoms with Gasteiger partial charge in [-0.25, -0.2) is 0 Å². The third kappa shape index (κ3) is 20.8. The van der Waals surface area contributed by atoms with Crippen molar-refractivity contribution >= 4 is 5.91 Å². The number of carbonyl (C=O) groups is 1. The van der Waals surface area contributed by atoms with Crippen molar-refractivity contribution in [2.45, 2.75) is 96.8 Å². The molecule has 0 aromatic rings. The molecule has 0 aliphatic heterocycles. The number of hydrogen-bond acceptors (Lipinski definition) is 2. The maximum absolute atomic E-state index is 10.6. The quantitative estimate of drug-likeness (QED) is 0.207. The Morgan fingerprint density at radius 1 is 0.815 bits per heavy atom. The molecule has 3 N–H and O–H groups in total. The molecule has 0 aromatic carbocycles. The van der Waals surface area contributed by atoms with Gasteiger partial charge in [0.25, 0.3) is 0 Å². The summed E-state index contributed by atoms with van der Waals surface area (Å²) in [6.07, 6.45) is 28.8. The minimum atomic E-state index is -0.184. The SMILES string of the molecule is CCC(CO)CCCCC/C=C\C/C=C\C/C=C\CCCCCCC(N)=O. The van der Waals surface area contributed by atoms with E-state index >= 15 is 0 Å². The van der Waals surface area contributed by atoms with E-state index in [2.05, 4.69) is 43.4 Å². The number of primary amides is 1. The lowest BCUT2D eigenvalue weighted by Crippen LogP contribution is -2.09. The van der Waals surface area contributed by atoms with E-state index < -0.39 is 0 Å². The lowest BCUT2D eigenvalue weighted by molar-refractivity contribution is -0.118. The van der Waals surface area contributed by atoms with Gasteiger partial charge < -0.3 is 10.8 Å². The van der Waals surface area contributed by atoms with Crippen LogP contribution in [0.15, 0.2) is 36.5 Å². The Morgan fingerprint density at radius 3 is 1.85 bits per heavy atom. The number of allylic oxidation sites excluding steroid dienone is 6. The molecule has 0 radical (unpaired) electrons. The Kier molecular flexibility index (Phi) is 19.9. The second-order valence-electron chi connectivity index (χ2n) is 7.40. The van der Waals surface area contributed by atoms with Crippen LogP contribution in [0.25, 0.3) is 0 Å². The standard InChI is InChI=1S/C24H43NO2/c1-2-23(22-26)20-18-16-14-12-10-8-6-4-3-5-7-9-11-13-15-17-19-21-24(25)27/h3-4,7-10,23,26H,2,5-6,11-22H2,1H3,(H2,25,27)/b4-3-,9-7-,10-8-. The van der Waals surface area contributed by atoms with E-state index in [1.165, 1.54) is 44.9 Å². The van der Waals surface area contributed by atoms with Crippen molar-refractivity contribution in [3.05, 3.63) is 36.5 Å². The second kappa shape index (κ2) is 21.0.